The molecule has 0 saturated heterocycles. The second kappa shape index (κ2) is 2.78. The maximum atomic E-state index is 9.93. The zero-order valence-corrected chi connectivity index (χ0v) is 8.79. The summed E-state index contributed by atoms with van der Waals surface area (Å²) in [6, 6.07) is 0. The molecule has 0 aromatic rings. The fourth-order valence-corrected chi connectivity index (χ4v) is 2.13. The molecular weight excluding hydrogens is 246 g/mol. The molecule has 0 bridgehead atoms. The fraction of sp³-hybridized carbons (Fsp3) is 0.600. The molecule has 0 aliphatic rings. The molecule has 0 aliphatic carbocycles. The van der Waals surface area contributed by atoms with Gasteiger partial charge in [-0.25, -0.2) is 0 Å². The van der Waals surface area contributed by atoms with Crippen LogP contribution in [0.3, 0.4) is 0 Å². The molecule has 0 aliphatic heterocycles. The van der Waals surface area contributed by atoms with Crippen LogP contribution in [0.5, 0.6) is 0 Å². The van der Waals surface area contributed by atoms with Crippen LogP contribution in [0.2, 0.25) is 14.6 Å². The van der Waals surface area contributed by atoms with Gasteiger partial charge in [-0.2, -0.15) is 0 Å². The summed E-state index contributed by atoms with van der Waals surface area (Å²) in [5.74, 6) is 0. The van der Waals surface area contributed by atoms with Crippen LogP contribution in [0.1, 0.15) is 0 Å². The summed E-state index contributed by atoms with van der Waals surface area (Å²) in [6.45, 7) is 0.649. The van der Waals surface area contributed by atoms with Crippen LogP contribution >= 0.6 is 0 Å². The van der Waals surface area contributed by atoms with Crippen molar-refractivity contribution >= 4 is 31.2 Å². The summed E-state index contributed by atoms with van der Waals surface area (Å²) in [5, 5.41) is 0. The van der Waals surface area contributed by atoms with Gasteiger partial charge in [0.05, 0.1) is 0 Å². The van der Waals surface area contributed by atoms with Gasteiger partial charge in [-0.1, -0.05) is 0 Å². The van der Waals surface area contributed by atoms with E-state index in [-0.39, 0.29) is 0 Å². The number of carbonyl (C=O) groups excluding carboxylic acids is 2. The zero-order chi connectivity index (χ0) is 8.28. The Kier molecular flexibility index (Phi) is 2.72. The van der Waals surface area contributed by atoms with Gasteiger partial charge in [-0.05, 0) is 0 Å². The average molecular weight is 257 g/mol. The summed E-state index contributed by atoms with van der Waals surface area (Å²) in [6.07, 6.45) is 0. The van der Waals surface area contributed by atoms with E-state index < -0.39 is 18.2 Å². The maximum absolute atomic E-state index is 9.93. The van der Waals surface area contributed by atoms with Gasteiger partial charge in [0.25, 0.3) is 0 Å². The van der Waals surface area contributed by atoms with E-state index in [0.29, 0.717) is 12.9 Å². The first-order valence-corrected chi connectivity index (χ1v) is 12.4. The minimum absolute atomic E-state index is 0.325. The monoisotopic (exact) mass is 256 g/mol. The van der Waals surface area contributed by atoms with E-state index in [1.54, 1.807) is 14.6 Å². The van der Waals surface area contributed by atoms with Crippen LogP contribution in [0.4, 0.5) is 0 Å². The molecule has 10 heavy (non-hydrogen) atoms. The van der Waals surface area contributed by atoms with Gasteiger partial charge < -0.3 is 0 Å². The standard InChI is InChI=1S/2CH2O2.3CH3.Sb/c2*2-1-3;;;;/h2*1H,(H,2,3);3*1H3;/q;;;;;+2/p-2. The van der Waals surface area contributed by atoms with Crippen molar-refractivity contribution < 1.29 is 15.6 Å². The van der Waals surface area contributed by atoms with Crippen molar-refractivity contribution in [3.05, 3.63) is 0 Å². The molecule has 4 nitrogen and oxygen atoms in total. The Hall–Kier alpha value is -0.242. The van der Waals surface area contributed by atoms with Crippen molar-refractivity contribution in [2.45, 2.75) is 14.6 Å². The van der Waals surface area contributed by atoms with Gasteiger partial charge in [0.15, 0.2) is 0 Å². The molecule has 5 heteroatoms. The molecule has 0 saturated carbocycles. The molecular formula is C5H11O4Sb. The van der Waals surface area contributed by atoms with Crippen molar-refractivity contribution in [3.63, 3.8) is 0 Å². The van der Waals surface area contributed by atoms with E-state index in [0.717, 1.165) is 0 Å². The van der Waals surface area contributed by atoms with Crippen LogP contribution in [-0.4, -0.2) is 31.2 Å². The summed E-state index contributed by atoms with van der Waals surface area (Å²) in [4.78, 5) is 24.9. The normalized spacial score (nSPS) is 14.5. The molecule has 0 aromatic heterocycles. The molecule has 0 spiro atoms. The summed E-state index contributed by atoms with van der Waals surface area (Å²) in [5.41, 5.74) is 0. The fourth-order valence-electron chi connectivity index (χ4n) is 0.318. The van der Waals surface area contributed by atoms with Crippen molar-refractivity contribution in [3.8, 4) is 0 Å². The van der Waals surface area contributed by atoms with E-state index >= 15 is 0 Å². The van der Waals surface area contributed by atoms with Crippen molar-refractivity contribution in [2.24, 2.45) is 0 Å². The van der Waals surface area contributed by atoms with Gasteiger partial charge in [0.2, 0.25) is 0 Å². The molecule has 0 atom stereocenters. The van der Waals surface area contributed by atoms with E-state index in [1.807, 2.05) is 0 Å². The third kappa shape index (κ3) is 3.72. The molecule has 0 fully saturated rings. The van der Waals surface area contributed by atoms with E-state index in [4.69, 9.17) is 6.03 Å². The summed E-state index contributed by atoms with van der Waals surface area (Å²) < 4.78 is 9.45. The Morgan fingerprint density at radius 2 is 1.30 bits per heavy atom. The topological polar surface area (TPSA) is 52.6 Å². The molecule has 0 rings (SSSR count). The Morgan fingerprint density at radius 3 is 1.50 bits per heavy atom. The van der Waals surface area contributed by atoms with Crippen LogP contribution in [0.25, 0.3) is 0 Å². The van der Waals surface area contributed by atoms with Crippen molar-refractivity contribution in [1.82, 2.24) is 0 Å². The average Bonchev–Trinajstić information content (AvgIpc) is 1.61. The van der Waals surface area contributed by atoms with Gasteiger partial charge in [0.1, 0.15) is 0 Å². The molecule has 0 unspecified atom stereocenters. The second-order valence-corrected chi connectivity index (χ2v) is 18.5. The van der Waals surface area contributed by atoms with Crippen LogP contribution in [0.15, 0.2) is 0 Å². The van der Waals surface area contributed by atoms with E-state index in [1.165, 1.54) is 0 Å². The third-order valence-electron chi connectivity index (χ3n) is 0.805. The predicted octanol–water partition coefficient (Wildman–Crippen LogP) is 0.618. The summed E-state index contributed by atoms with van der Waals surface area (Å²) in [7, 11) is 0. The number of carbonyl (C=O) groups is 2. The first kappa shape index (κ1) is 9.76. The first-order chi connectivity index (χ1) is 4.39. The van der Waals surface area contributed by atoms with Crippen molar-refractivity contribution in [1.29, 1.82) is 0 Å². The molecule has 0 amide bonds. The second-order valence-electron chi connectivity index (χ2n) is 2.91. The van der Waals surface area contributed by atoms with Gasteiger partial charge in [-0.3, -0.25) is 0 Å². The Balaban J connectivity index is 4.23. The molecule has 0 aromatic carbocycles. The van der Waals surface area contributed by atoms with Gasteiger partial charge in [0, 0.05) is 0 Å². The van der Waals surface area contributed by atoms with Gasteiger partial charge in [-0.15, -0.1) is 0 Å². The number of hydrogen-bond donors (Lipinski definition) is 0. The van der Waals surface area contributed by atoms with Crippen LogP contribution < -0.4 is 0 Å². The quantitative estimate of drug-likeness (QED) is 0.547. The Labute approximate surface area is 61.7 Å². The van der Waals surface area contributed by atoms with Crippen molar-refractivity contribution in [2.75, 3.05) is 0 Å². The molecule has 0 heterocycles. The Bertz CT molecular complexity index is 131. The predicted molar refractivity (Wildman–Crippen MR) is 37.6 cm³/mol. The van der Waals surface area contributed by atoms with Gasteiger partial charge >= 0.3 is 61.4 Å². The number of hydrogen-bond acceptors (Lipinski definition) is 4. The van der Waals surface area contributed by atoms with E-state index in [2.05, 4.69) is 0 Å². The SMILES string of the molecule is [CH3][Sb]([CH3])([CH3])([O]C=O)[O]C=O. The minimum atomic E-state index is -3.63. The third-order valence-corrected chi connectivity index (χ3v) is 5.40. The molecule has 0 radical (unpaired) electrons. The summed E-state index contributed by atoms with van der Waals surface area (Å²) >= 11 is -3.63. The molecule has 0 N–H and O–H groups in total. The van der Waals surface area contributed by atoms with E-state index in [9.17, 15) is 9.59 Å². The molecule has 60 valence electrons. The Morgan fingerprint density at radius 1 is 1.00 bits per heavy atom. The first-order valence-electron chi connectivity index (χ1n) is 2.65. The zero-order valence-electron chi connectivity index (χ0n) is 6.23. The number of rotatable bonds is 4. The van der Waals surface area contributed by atoms with Crippen LogP contribution in [-0.2, 0) is 15.6 Å². The van der Waals surface area contributed by atoms with Crippen LogP contribution in [0, 0.1) is 0 Å².